The highest BCUT2D eigenvalue weighted by Crippen LogP contribution is 2.06. The molecular weight excluding hydrogens is 169 g/mol. The number of aromatic nitrogens is 1. The Kier molecular flexibility index (Phi) is 1.96. The number of hydrogen-bond acceptors (Lipinski definition) is 3. The zero-order valence-corrected chi connectivity index (χ0v) is 6.79. The molecular formula is C8H8BNO3. The summed E-state index contributed by atoms with van der Waals surface area (Å²) in [5.74, 6) is 0. The third-order valence-corrected chi connectivity index (χ3v) is 1.76. The van der Waals surface area contributed by atoms with Crippen molar-refractivity contribution in [3.8, 4) is 5.69 Å². The number of furan rings is 1. The SMILES string of the molecule is OB(O)c1cc(-n2cccc2)co1. The lowest BCUT2D eigenvalue weighted by Crippen LogP contribution is -2.28. The van der Waals surface area contributed by atoms with Crippen molar-refractivity contribution in [3.63, 3.8) is 0 Å². The molecule has 0 amide bonds. The Morgan fingerprint density at radius 2 is 1.92 bits per heavy atom. The minimum atomic E-state index is -1.55. The van der Waals surface area contributed by atoms with Crippen molar-refractivity contribution in [1.29, 1.82) is 0 Å². The summed E-state index contributed by atoms with van der Waals surface area (Å²) in [6.45, 7) is 0. The summed E-state index contributed by atoms with van der Waals surface area (Å²) in [6, 6.07) is 5.33. The third-order valence-electron chi connectivity index (χ3n) is 1.76. The summed E-state index contributed by atoms with van der Waals surface area (Å²) in [7, 11) is -1.55. The molecule has 66 valence electrons. The van der Waals surface area contributed by atoms with Crippen LogP contribution in [0.25, 0.3) is 5.69 Å². The van der Waals surface area contributed by atoms with Crippen molar-refractivity contribution in [1.82, 2.24) is 4.57 Å². The van der Waals surface area contributed by atoms with Crippen LogP contribution < -0.4 is 5.66 Å². The van der Waals surface area contributed by atoms with Crippen molar-refractivity contribution >= 4 is 12.8 Å². The molecule has 0 aliphatic carbocycles. The lowest BCUT2D eigenvalue weighted by atomic mass is 9.88. The van der Waals surface area contributed by atoms with Gasteiger partial charge in [-0.3, -0.25) is 0 Å². The van der Waals surface area contributed by atoms with Crippen LogP contribution in [0.1, 0.15) is 0 Å². The van der Waals surface area contributed by atoms with E-state index in [2.05, 4.69) is 0 Å². The second kappa shape index (κ2) is 3.12. The monoisotopic (exact) mass is 177 g/mol. The summed E-state index contributed by atoms with van der Waals surface area (Å²) in [6.07, 6.45) is 5.16. The molecule has 0 radical (unpaired) electrons. The van der Waals surface area contributed by atoms with Gasteiger partial charge in [0.25, 0.3) is 0 Å². The second-order valence-electron chi connectivity index (χ2n) is 2.67. The summed E-state index contributed by atoms with van der Waals surface area (Å²) >= 11 is 0. The van der Waals surface area contributed by atoms with Crippen LogP contribution in [0.3, 0.4) is 0 Å². The fraction of sp³-hybridized carbons (Fsp3) is 0. The van der Waals surface area contributed by atoms with E-state index in [4.69, 9.17) is 14.5 Å². The van der Waals surface area contributed by atoms with E-state index in [-0.39, 0.29) is 5.66 Å². The molecule has 0 bridgehead atoms. The van der Waals surface area contributed by atoms with E-state index in [0.717, 1.165) is 5.69 Å². The van der Waals surface area contributed by atoms with Gasteiger partial charge >= 0.3 is 7.12 Å². The number of rotatable bonds is 2. The van der Waals surface area contributed by atoms with E-state index >= 15 is 0 Å². The van der Waals surface area contributed by atoms with Crippen molar-refractivity contribution in [3.05, 3.63) is 36.9 Å². The molecule has 0 aromatic carbocycles. The van der Waals surface area contributed by atoms with Crippen LogP contribution in [0.4, 0.5) is 0 Å². The molecule has 0 aliphatic rings. The molecule has 13 heavy (non-hydrogen) atoms. The number of nitrogens with zero attached hydrogens (tertiary/aromatic N) is 1. The molecule has 4 nitrogen and oxygen atoms in total. The maximum Gasteiger partial charge on any atom is 0.526 e. The molecule has 2 rings (SSSR count). The average Bonchev–Trinajstić information content (AvgIpc) is 2.75. The normalized spacial score (nSPS) is 10.3. The Balaban J connectivity index is 2.33. The fourth-order valence-corrected chi connectivity index (χ4v) is 1.12. The highest BCUT2D eigenvalue weighted by molar-refractivity contribution is 6.57. The maximum absolute atomic E-state index is 8.79. The Labute approximate surface area is 75.2 Å². The maximum atomic E-state index is 8.79. The first-order valence-electron chi connectivity index (χ1n) is 3.85. The van der Waals surface area contributed by atoms with Crippen LogP contribution in [-0.4, -0.2) is 21.7 Å². The first-order valence-corrected chi connectivity index (χ1v) is 3.85. The van der Waals surface area contributed by atoms with Gasteiger partial charge in [0.1, 0.15) is 11.9 Å². The quantitative estimate of drug-likeness (QED) is 0.621. The third kappa shape index (κ3) is 1.51. The van der Waals surface area contributed by atoms with E-state index in [0.29, 0.717) is 0 Å². The van der Waals surface area contributed by atoms with Gasteiger partial charge in [0.05, 0.1) is 5.69 Å². The predicted molar refractivity (Wildman–Crippen MR) is 47.9 cm³/mol. The summed E-state index contributed by atoms with van der Waals surface area (Å²) in [5, 5.41) is 17.6. The second-order valence-corrected chi connectivity index (χ2v) is 2.67. The molecule has 0 atom stereocenters. The van der Waals surface area contributed by atoms with Gasteiger partial charge in [-0.2, -0.15) is 0 Å². The zero-order chi connectivity index (χ0) is 9.26. The lowest BCUT2D eigenvalue weighted by Gasteiger charge is -1.93. The van der Waals surface area contributed by atoms with Gasteiger partial charge in [-0.15, -0.1) is 0 Å². The van der Waals surface area contributed by atoms with Crippen molar-refractivity contribution in [2.24, 2.45) is 0 Å². The highest BCUT2D eigenvalue weighted by atomic mass is 16.4. The molecule has 2 N–H and O–H groups in total. The molecule has 0 spiro atoms. The topological polar surface area (TPSA) is 58.5 Å². The largest absolute Gasteiger partial charge is 0.526 e. The van der Waals surface area contributed by atoms with Gasteiger partial charge in [0, 0.05) is 18.5 Å². The van der Waals surface area contributed by atoms with Gasteiger partial charge in [-0.1, -0.05) is 0 Å². The van der Waals surface area contributed by atoms with Crippen LogP contribution in [0.5, 0.6) is 0 Å². The standard InChI is InChI=1S/C8H8BNO3/c11-9(12)8-5-7(6-13-8)10-3-1-2-4-10/h1-6,11-12H. The Bertz CT molecular complexity index is 380. The van der Waals surface area contributed by atoms with Crippen LogP contribution in [0, 0.1) is 0 Å². The van der Waals surface area contributed by atoms with E-state index in [9.17, 15) is 0 Å². The molecule has 0 saturated heterocycles. The van der Waals surface area contributed by atoms with E-state index < -0.39 is 7.12 Å². The lowest BCUT2D eigenvalue weighted by molar-refractivity contribution is 0.409. The highest BCUT2D eigenvalue weighted by Gasteiger charge is 2.16. The molecule has 2 aromatic heterocycles. The Hall–Kier alpha value is -1.46. The smallest absolute Gasteiger partial charge is 0.471 e. The van der Waals surface area contributed by atoms with Gasteiger partial charge in [-0.05, 0) is 12.1 Å². The van der Waals surface area contributed by atoms with Gasteiger partial charge < -0.3 is 19.0 Å². The average molecular weight is 177 g/mol. The molecule has 0 aliphatic heterocycles. The van der Waals surface area contributed by atoms with Crippen LogP contribution in [0.15, 0.2) is 41.3 Å². The Morgan fingerprint density at radius 1 is 1.23 bits per heavy atom. The minimum Gasteiger partial charge on any atom is -0.471 e. The molecule has 0 saturated carbocycles. The van der Waals surface area contributed by atoms with Crippen LogP contribution >= 0.6 is 0 Å². The van der Waals surface area contributed by atoms with Crippen LogP contribution in [-0.2, 0) is 0 Å². The summed E-state index contributed by atoms with van der Waals surface area (Å²) in [4.78, 5) is 0. The van der Waals surface area contributed by atoms with Gasteiger partial charge in [-0.25, -0.2) is 0 Å². The molecule has 0 fully saturated rings. The molecule has 0 unspecified atom stereocenters. The summed E-state index contributed by atoms with van der Waals surface area (Å²) < 4.78 is 6.74. The molecule has 2 heterocycles. The van der Waals surface area contributed by atoms with E-state index in [1.165, 1.54) is 6.26 Å². The minimum absolute atomic E-state index is 0.142. The van der Waals surface area contributed by atoms with E-state index in [1.54, 1.807) is 6.07 Å². The van der Waals surface area contributed by atoms with Crippen molar-refractivity contribution < 1.29 is 14.5 Å². The fourth-order valence-electron chi connectivity index (χ4n) is 1.12. The number of hydrogen-bond donors (Lipinski definition) is 2. The first kappa shape index (κ1) is 8.16. The van der Waals surface area contributed by atoms with E-state index in [1.807, 2.05) is 29.1 Å². The first-order chi connectivity index (χ1) is 6.27. The summed E-state index contributed by atoms with van der Waals surface area (Å²) in [5.41, 5.74) is 0.914. The van der Waals surface area contributed by atoms with Gasteiger partial charge in [0.15, 0.2) is 0 Å². The van der Waals surface area contributed by atoms with Gasteiger partial charge in [0.2, 0.25) is 0 Å². The zero-order valence-electron chi connectivity index (χ0n) is 6.79. The van der Waals surface area contributed by atoms with Crippen molar-refractivity contribution in [2.75, 3.05) is 0 Å². The predicted octanol–water partition coefficient (Wildman–Crippen LogP) is -0.250. The Morgan fingerprint density at radius 3 is 2.46 bits per heavy atom. The molecule has 2 aromatic rings. The molecule has 5 heteroatoms. The van der Waals surface area contributed by atoms with Crippen molar-refractivity contribution in [2.45, 2.75) is 0 Å². The van der Waals surface area contributed by atoms with Crippen LogP contribution in [0.2, 0.25) is 0 Å².